The molecule has 0 saturated heterocycles. The van der Waals surface area contributed by atoms with Crippen molar-refractivity contribution in [2.24, 2.45) is 0 Å². The fourth-order valence-electron chi connectivity index (χ4n) is 2.37. The van der Waals surface area contributed by atoms with E-state index in [9.17, 15) is 0 Å². The molecule has 1 N–H and O–H groups in total. The number of hydrogen-bond donors (Lipinski definition) is 1. The van der Waals surface area contributed by atoms with E-state index in [1.54, 1.807) is 0 Å². The molecule has 0 aliphatic carbocycles. The van der Waals surface area contributed by atoms with Gasteiger partial charge in [0.1, 0.15) is 0 Å². The van der Waals surface area contributed by atoms with E-state index in [4.69, 9.17) is 0 Å². The molecular weight excluding hydrogens is 244 g/mol. The van der Waals surface area contributed by atoms with Gasteiger partial charge in [-0.1, -0.05) is 60.7 Å². The normalized spacial score (nSPS) is 12.0. The molecule has 0 fully saturated rings. The Labute approximate surface area is 119 Å². The second kappa shape index (κ2) is 6.11. The monoisotopic (exact) mass is 262 g/mol. The van der Waals surface area contributed by atoms with E-state index < -0.39 is 0 Å². The van der Waals surface area contributed by atoms with Crippen molar-refractivity contribution in [1.82, 2.24) is 4.68 Å². The first-order valence-electron chi connectivity index (χ1n) is 6.90. The summed E-state index contributed by atoms with van der Waals surface area (Å²) in [5, 5.41) is 0. The lowest BCUT2D eigenvalue weighted by molar-refractivity contribution is 0.669. The van der Waals surface area contributed by atoms with Gasteiger partial charge in [0.15, 0.2) is 0 Å². The topological polar surface area (TPSA) is 17.0 Å². The Morgan fingerprint density at radius 1 is 0.750 bits per heavy atom. The molecular formula is C18H18N2. The standard InChI is InChI=1S/C18H18N2/c1-3-9-16(10-4-1)15-18(17-11-5-2-6-12-17)19-20-13-7-8-14-20/h1-14,18-19H,15H2. The molecule has 1 heterocycles. The fraction of sp³-hybridized carbons (Fsp3) is 0.111. The SMILES string of the molecule is c1ccc(CC(Nn2cccc2)c2ccccc2)cc1. The molecule has 1 atom stereocenters. The van der Waals surface area contributed by atoms with Gasteiger partial charge in [-0.3, -0.25) is 4.68 Å². The Hall–Kier alpha value is -2.48. The summed E-state index contributed by atoms with van der Waals surface area (Å²) in [6, 6.07) is 25.5. The summed E-state index contributed by atoms with van der Waals surface area (Å²) in [6.07, 6.45) is 5.02. The van der Waals surface area contributed by atoms with Gasteiger partial charge in [0.2, 0.25) is 0 Å². The van der Waals surface area contributed by atoms with Gasteiger partial charge in [-0.25, -0.2) is 0 Å². The summed E-state index contributed by atoms with van der Waals surface area (Å²) in [5.41, 5.74) is 6.17. The summed E-state index contributed by atoms with van der Waals surface area (Å²) >= 11 is 0. The predicted molar refractivity (Wildman–Crippen MR) is 83.1 cm³/mol. The quantitative estimate of drug-likeness (QED) is 0.735. The van der Waals surface area contributed by atoms with E-state index in [1.165, 1.54) is 11.1 Å². The van der Waals surface area contributed by atoms with Crippen LogP contribution in [-0.4, -0.2) is 4.68 Å². The Kier molecular flexibility index (Phi) is 3.83. The highest BCUT2D eigenvalue weighted by atomic mass is 15.4. The molecule has 0 aliphatic heterocycles. The molecule has 2 nitrogen and oxygen atoms in total. The zero-order valence-corrected chi connectivity index (χ0v) is 11.3. The summed E-state index contributed by atoms with van der Waals surface area (Å²) in [6.45, 7) is 0. The second-order valence-corrected chi connectivity index (χ2v) is 4.87. The van der Waals surface area contributed by atoms with Crippen molar-refractivity contribution < 1.29 is 0 Å². The van der Waals surface area contributed by atoms with Crippen molar-refractivity contribution in [2.75, 3.05) is 5.43 Å². The molecule has 100 valence electrons. The maximum absolute atomic E-state index is 3.54. The second-order valence-electron chi connectivity index (χ2n) is 4.87. The number of nitrogens with zero attached hydrogens (tertiary/aromatic N) is 1. The molecule has 0 saturated carbocycles. The molecule has 1 unspecified atom stereocenters. The first-order valence-corrected chi connectivity index (χ1v) is 6.90. The third kappa shape index (κ3) is 3.09. The lowest BCUT2D eigenvalue weighted by Crippen LogP contribution is -2.21. The van der Waals surface area contributed by atoms with Gasteiger partial charge in [0.05, 0.1) is 6.04 Å². The maximum Gasteiger partial charge on any atom is 0.0713 e. The van der Waals surface area contributed by atoms with Gasteiger partial charge < -0.3 is 5.43 Å². The van der Waals surface area contributed by atoms with Crippen LogP contribution in [0.1, 0.15) is 17.2 Å². The molecule has 2 aromatic carbocycles. The summed E-state index contributed by atoms with van der Waals surface area (Å²) < 4.78 is 2.01. The Balaban J connectivity index is 1.83. The highest BCUT2D eigenvalue weighted by Gasteiger charge is 2.11. The zero-order valence-electron chi connectivity index (χ0n) is 11.3. The van der Waals surface area contributed by atoms with Crippen LogP contribution in [-0.2, 0) is 6.42 Å². The highest BCUT2D eigenvalue weighted by Crippen LogP contribution is 2.19. The molecule has 2 heteroatoms. The molecule has 0 radical (unpaired) electrons. The van der Waals surface area contributed by atoms with E-state index in [0.717, 1.165) is 6.42 Å². The zero-order chi connectivity index (χ0) is 13.6. The molecule has 3 aromatic rings. The van der Waals surface area contributed by atoms with Crippen molar-refractivity contribution in [3.63, 3.8) is 0 Å². The number of hydrogen-bond acceptors (Lipinski definition) is 1. The third-order valence-corrected chi connectivity index (χ3v) is 3.39. The average molecular weight is 262 g/mol. The number of benzene rings is 2. The van der Waals surface area contributed by atoms with Crippen molar-refractivity contribution >= 4 is 0 Å². The van der Waals surface area contributed by atoms with Crippen LogP contribution in [0.5, 0.6) is 0 Å². The van der Waals surface area contributed by atoms with Gasteiger partial charge in [0, 0.05) is 12.4 Å². The lowest BCUT2D eigenvalue weighted by Gasteiger charge is -2.21. The van der Waals surface area contributed by atoms with Crippen LogP contribution in [0.4, 0.5) is 0 Å². The van der Waals surface area contributed by atoms with Gasteiger partial charge in [0.25, 0.3) is 0 Å². The van der Waals surface area contributed by atoms with Crippen LogP contribution in [0.25, 0.3) is 0 Å². The minimum Gasteiger partial charge on any atom is -0.319 e. The van der Waals surface area contributed by atoms with Gasteiger partial charge in [-0.05, 0) is 29.7 Å². The summed E-state index contributed by atoms with van der Waals surface area (Å²) in [4.78, 5) is 0. The molecule has 3 rings (SSSR count). The van der Waals surface area contributed by atoms with Crippen molar-refractivity contribution in [2.45, 2.75) is 12.5 Å². The molecule has 20 heavy (non-hydrogen) atoms. The molecule has 1 aromatic heterocycles. The molecule has 0 spiro atoms. The Morgan fingerprint density at radius 3 is 2.00 bits per heavy atom. The van der Waals surface area contributed by atoms with Crippen LogP contribution < -0.4 is 5.43 Å². The first-order chi connectivity index (χ1) is 9.92. The third-order valence-electron chi connectivity index (χ3n) is 3.39. The average Bonchev–Trinajstić information content (AvgIpc) is 3.02. The van der Waals surface area contributed by atoms with Crippen molar-refractivity contribution in [3.8, 4) is 0 Å². The van der Waals surface area contributed by atoms with Gasteiger partial charge in [-0.2, -0.15) is 0 Å². The lowest BCUT2D eigenvalue weighted by atomic mass is 9.99. The first kappa shape index (κ1) is 12.5. The minimum absolute atomic E-state index is 0.256. The van der Waals surface area contributed by atoms with E-state index in [-0.39, 0.29) is 6.04 Å². The van der Waals surface area contributed by atoms with Crippen LogP contribution in [0, 0.1) is 0 Å². The van der Waals surface area contributed by atoms with Crippen LogP contribution in [0.15, 0.2) is 85.2 Å². The largest absolute Gasteiger partial charge is 0.319 e. The van der Waals surface area contributed by atoms with Crippen molar-refractivity contribution in [3.05, 3.63) is 96.3 Å². The molecule has 0 amide bonds. The van der Waals surface area contributed by atoms with E-state index in [2.05, 4.69) is 66.1 Å². The van der Waals surface area contributed by atoms with Crippen LogP contribution >= 0.6 is 0 Å². The number of nitrogens with one attached hydrogen (secondary N) is 1. The van der Waals surface area contributed by atoms with Crippen molar-refractivity contribution in [1.29, 1.82) is 0 Å². The molecule has 0 bridgehead atoms. The number of rotatable bonds is 5. The predicted octanol–water partition coefficient (Wildman–Crippen LogP) is 4.02. The minimum atomic E-state index is 0.256. The van der Waals surface area contributed by atoms with Gasteiger partial charge in [-0.15, -0.1) is 0 Å². The van der Waals surface area contributed by atoms with E-state index in [0.29, 0.717) is 0 Å². The number of aromatic nitrogens is 1. The maximum atomic E-state index is 3.54. The van der Waals surface area contributed by atoms with Crippen LogP contribution in [0.3, 0.4) is 0 Å². The Morgan fingerprint density at radius 2 is 1.35 bits per heavy atom. The fourth-order valence-corrected chi connectivity index (χ4v) is 2.37. The van der Waals surface area contributed by atoms with E-state index >= 15 is 0 Å². The van der Waals surface area contributed by atoms with Crippen LogP contribution in [0.2, 0.25) is 0 Å². The Bertz CT molecular complexity index is 615. The van der Waals surface area contributed by atoms with Gasteiger partial charge >= 0.3 is 0 Å². The summed E-state index contributed by atoms with van der Waals surface area (Å²) in [7, 11) is 0. The highest BCUT2D eigenvalue weighted by molar-refractivity contribution is 5.25. The van der Waals surface area contributed by atoms with E-state index in [1.807, 2.05) is 29.2 Å². The molecule has 0 aliphatic rings. The smallest absolute Gasteiger partial charge is 0.0713 e. The summed E-state index contributed by atoms with van der Waals surface area (Å²) in [5.74, 6) is 0.